The van der Waals surface area contributed by atoms with Crippen molar-refractivity contribution in [3.63, 3.8) is 0 Å². The van der Waals surface area contributed by atoms with Crippen LogP contribution in [-0.4, -0.2) is 64.5 Å². The maximum absolute atomic E-state index is 13.7. The lowest BCUT2D eigenvalue weighted by Crippen LogP contribution is -2.47. The molecule has 0 saturated carbocycles. The molecule has 2 aromatic rings. The van der Waals surface area contributed by atoms with Gasteiger partial charge in [-0.05, 0) is 60.0 Å². The summed E-state index contributed by atoms with van der Waals surface area (Å²) < 4.78 is 22.7. The van der Waals surface area contributed by atoms with Crippen LogP contribution in [0.1, 0.15) is 18.0 Å². The van der Waals surface area contributed by atoms with Gasteiger partial charge < -0.3 is 23.8 Å². The average Bonchev–Trinajstić information content (AvgIpc) is 2.93. The van der Waals surface area contributed by atoms with Crippen molar-refractivity contribution in [2.75, 3.05) is 58.6 Å². The predicted molar refractivity (Wildman–Crippen MR) is 143 cm³/mol. The fraction of sp³-hybridized carbons (Fsp3) is 0.414. The van der Waals surface area contributed by atoms with E-state index in [1.165, 1.54) is 0 Å². The van der Waals surface area contributed by atoms with Crippen LogP contribution in [-0.2, 0) is 19.0 Å². The first-order valence-electron chi connectivity index (χ1n) is 12.7. The van der Waals surface area contributed by atoms with Gasteiger partial charge in [-0.3, -0.25) is 9.69 Å². The van der Waals surface area contributed by atoms with Gasteiger partial charge in [-0.25, -0.2) is 0 Å². The Morgan fingerprint density at radius 1 is 0.946 bits per heavy atom. The summed E-state index contributed by atoms with van der Waals surface area (Å²) in [6, 6.07) is 15.1. The van der Waals surface area contributed by atoms with Crippen LogP contribution in [0.15, 0.2) is 72.2 Å². The number of fused-ring (bicyclic) bond motifs is 1. The third kappa shape index (κ3) is 5.64. The van der Waals surface area contributed by atoms with Gasteiger partial charge in [0.1, 0.15) is 12.4 Å². The number of anilines is 1. The number of amides is 1. The van der Waals surface area contributed by atoms with Gasteiger partial charge in [0.25, 0.3) is 0 Å². The molecule has 0 radical (unpaired) electrons. The third-order valence-electron chi connectivity index (χ3n) is 7.32. The number of rotatable bonds is 8. The first-order chi connectivity index (χ1) is 18.1. The Labute approximate surface area is 223 Å². The van der Waals surface area contributed by atoms with Crippen LogP contribution in [0.5, 0.6) is 5.75 Å². The van der Waals surface area contributed by atoms with Gasteiger partial charge in [-0.1, -0.05) is 23.7 Å². The van der Waals surface area contributed by atoms with E-state index >= 15 is 0 Å². The number of halogens is 1. The summed E-state index contributed by atoms with van der Waals surface area (Å²) >= 11 is 6.21. The van der Waals surface area contributed by atoms with E-state index in [0.717, 1.165) is 49.8 Å². The summed E-state index contributed by atoms with van der Waals surface area (Å²) in [5.41, 5.74) is 1.84. The molecule has 3 atom stereocenters. The maximum Gasteiger partial charge on any atom is 0.228 e. The Kier molecular flexibility index (Phi) is 8.03. The average molecular weight is 525 g/mol. The van der Waals surface area contributed by atoms with Crippen LogP contribution in [0.2, 0.25) is 5.02 Å². The first-order valence-corrected chi connectivity index (χ1v) is 13.1. The second-order valence-electron chi connectivity index (χ2n) is 9.47. The van der Waals surface area contributed by atoms with Crippen molar-refractivity contribution in [1.29, 1.82) is 0 Å². The molecule has 0 bridgehead atoms. The van der Waals surface area contributed by atoms with Crippen molar-refractivity contribution in [2.24, 2.45) is 11.8 Å². The number of hydrogen-bond acceptors (Lipinski definition) is 6. The Bertz CT molecular complexity index is 1140. The summed E-state index contributed by atoms with van der Waals surface area (Å²) in [5.74, 6) is 2.20. The fourth-order valence-electron chi connectivity index (χ4n) is 5.39. The van der Waals surface area contributed by atoms with E-state index in [2.05, 4.69) is 17.1 Å². The number of piperidine rings is 1. The van der Waals surface area contributed by atoms with Crippen molar-refractivity contribution >= 4 is 23.2 Å². The number of carbonyl (C=O) groups excluding carboxylic acids is 1. The number of ether oxygens (including phenoxy) is 4. The third-order valence-corrected chi connectivity index (χ3v) is 7.57. The van der Waals surface area contributed by atoms with Crippen LogP contribution < -0.4 is 9.64 Å². The number of methoxy groups -OCH3 is 2. The molecule has 0 aromatic heterocycles. The molecule has 5 rings (SSSR count). The van der Waals surface area contributed by atoms with Gasteiger partial charge in [0, 0.05) is 42.7 Å². The number of hydrogen-bond donors (Lipinski definition) is 0. The van der Waals surface area contributed by atoms with Gasteiger partial charge in [0.2, 0.25) is 5.91 Å². The topological polar surface area (TPSA) is 60.5 Å². The molecule has 2 heterocycles. The largest absolute Gasteiger partial charge is 0.497 e. The van der Waals surface area contributed by atoms with Crippen LogP contribution >= 0.6 is 11.6 Å². The smallest absolute Gasteiger partial charge is 0.228 e. The van der Waals surface area contributed by atoms with E-state index in [-0.39, 0.29) is 23.8 Å². The molecule has 2 aliphatic heterocycles. The molecule has 2 saturated heterocycles. The van der Waals surface area contributed by atoms with Gasteiger partial charge >= 0.3 is 0 Å². The number of nitrogens with zero attached hydrogens (tertiary/aromatic N) is 2. The highest BCUT2D eigenvalue weighted by Gasteiger charge is 2.44. The number of morpholine rings is 1. The minimum absolute atomic E-state index is 0.00233. The molecule has 2 fully saturated rings. The van der Waals surface area contributed by atoms with E-state index in [0.29, 0.717) is 29.6 Å². The molecule has 196 valence electrons. The number of benzene rings is 2. The summed E-state index contributed by atoms with van der Waals surface area (Å²) in [5, 5.41) is 0.658. The zero-order chi connectivity index (χ0) is 25.8. The van der Waals surface area contributed by atoms with E-state index in [9.17, 15) is 4.79 Å². The second kappa shape index (κ2) is 11.6. The Morgan fingerprint density at radius 3 is 2.35 bits per heavy atom. The normalized spacial score (nSPS) is 24.1. The number of carbonyl (C=O) groups is 1. The molecular weight excluding hydrogens is 492 g/mol. The lowest BCUT2D eigenvalue weighted by molar-refractivity contribution is -0.122. The lowest BCUT2D eigenvalue weighted by atomic mass is 9.73. The quantitative estimate of drug-likeness (QED) is 0.493. The number of allylic oxidation sites excluding steroid dienone is 1. The Morgan fingerprint density at radius 2 is 1.68 bits per heavy atom. The van der Waals surface area contributed by atoms with E-state index in [4.69, 9.17) is 30.5 Å². The van der Waals surface area contributed by atoms with Gasteiger partial charge in [-0.2, -0.15) is 0 Å². The molecule has 37 heavy (non-hydrogen) atoms. The van der Waals surface area contributed by atoms with Crippen LogP contribution in [0.4, 0.5) is 5.69 Å². The highest BCUT2D eigenvalue weighted by atomic mass is 35.5. The van der Waals surface area contributed by atoms with E-state index < -0.39 is 0 Å². The zero-order valence-electron chi connectivity index (χ0n) is 21.3. The summed E-state index contributed by atoms with van der Waals surface area (Å²) in [4.78, 5) is 17.9. The highest BCUT2D eigenvalue weighted by molar-refractivity contribution is 6.30. The SMILES string of the molecule is COC1=CC2C(C=C1OCCN1CCOCC1)CC(=O)N(c1ccc(OC)cc1)C2c1ccc(Cl)cc1. The van der Waals surface area contributed by atoms with Crippen LogP contribution in [0, 0.1) is 11.8 Å². The van der Waals surface area contributed by atoms with Crippen molar-refractivity contribution in [2.45, 2.75) is 12.5 Å². The molecule has 1 amide bonds. The molecule has 0 spiro atoms. The van der Waals surface area contributed by atoms with Crippen molar-refractivity contribution in [3.05, 3.63) is 82.8 Å². The maximum atomic E-state index is 13.7. The van der Waals surface area contributed by atoms with Gasteiger partial charge in [-0.15, -0.1) is 0 Å². The molecule has 3 aliphatic rings. The second-order valence-corrected chi connectivity index (χ2v) is 9.91. The predicted octanol–water partition coefficient (Wildman–Crippen LogP) is 4.84. The fourth-order valence-corrected chi connectivity index (χ4v) is 5.52. The minimum Gasteiger partial charge on any atom is -0.497 e. The summed E-state index contributed by atoms with van der Waals surface area (Å²) in [6.45, 7) is 4.72. The molecule has 7 nitrogen and oxygen atoms in total. The van der Waals surface area contributed by atoms with Crippen molar-refractivity contribution < 1.29 is 23.7 Å². The van der Waals surface area contributed by atoms with E-state index in [1.54, 1.807) is 14.2 Å². The zero-order valence-corrected chi connectivity index (χ0v) is 22.0. The lowest BCUT2D eigenvalue weighted by Gasteiger charge is -2.45. The Balaban J connectivity index is 1.43. The van der Waals surface area contributed by atoms with Gasteiger partial charge in [0.15, 0.2) is 11.5 Å². The standard InChI is InChI=1S/C29H33ClN2O5/c1-34-24-9-7-23(8-10-24)32-28(33)18-21-17-27(37-16-13-31-11-14-36-15-12-31)26(35-2)19-25(21)29(32)20-3-5-22(30)6-4-20/h3-10,17,19,21,25,29H,11-16,18H2,1-2H3. The summed E-state index contributed by atoms with van der Waals surface area (Å²) in [7, 11) is 3.30. The molecule has 0 N–H and O–H groups in total. The molecule has 1 aliphatic carbocycles. The Hall–Kier alpha value is -3.00. The van der Waals surface area contributed by atoms with Crippen molar-refractivity contribution in [3.8, 4) is 5.75 Å². The van der Waals surface area contributed by atoms with Gasteiger partial charge in [0.05, 0.1) is 33.5 Å². The highest BCUT2D eigenvalue weighted by Crippen LogP contribution is 2.47. The minimum atomic E-state index is -0.229. The summed E-state index contributed by atoms with van der Waals surface area (Å²) in [6.07, 6.45) is 4.58. The monoisotopic (exact) mass is 524 g/mol. The molecule has 3 unspecified atom stereocenters. The van der Waals surface area contributed by atoms with Crippen LogP contribution in [0.25, 0.3) is 0 Å². The van der Waals surface area contributed by atoms with Crippen LogP contribution in [0.3, 0.4) is 0 Å². The molecule has 8 heteroatoms. The van der Waals surface area contributed by atoms with Crippen molar-refractivity contribution in [1.82, 2.24) is 4.90 Å². The molecular formula is C29H33ClN2O5. The molecule has 2 aromatic carbocycles. The first kappa shape index (κ1) is 25.6. The van der Waals surface area contributed by atoms with E-state index in [1.807, 2.05) is 53.4 Å².